The van der Waals surface area contributed by atoms with Crippen molar-refractivity contribution in [2.45, 2.75) is 44.2 Å². The topological polar surface area (TPSA) is 52.1 Å². The maximum atomic E-state index is 9.75. The van der Waals surface area contributed by atoms with Crippen molar-refractivity contribution in [1.82, 2.24) is 9.88 Å². The van der Waals surface area contributed by atoms with Gasteiger partial charge in [0.2, 0.25) is 0 Å². The Morgan fingerprint density at radius 1 is 1.32 bits per heavy atom. The Morgan fingerprint density at radius 3 is 2.77 bits per heavy atom. The minimum atomic E-state index is -0.219. The van der Waals surface area contributed by atoms with E-state index in [1.165, 1.54) is 32.1 Å². The summed E-state index contributed by atoms with van der Waals surface area (Å²) in [6.07, 6.45) is 8.23. The van der Waals surface area contributed by atoms with Crippen LogP contribution in [0.4, 0.5) is 0 Å². The molecule has 1 aliphatic rings. The molecule has 22 heavy (non-hydrogen) atoms. The molecule has 0 saturated heterocycles. The molecule has 1 aromatic carbocycles. The number of benzene rings is 1. The lowest BCUT2D eigenvalue weighted by atomic mass is 9.92. The van der Waals surface area contributed by atoms with Crippen molar-refractivity contribution in [3.8, 4) is 11.8 Å². The summed E-state index contributed by atoms with van der Waals surface area (Å²) in [5.41, 5.74) is 2.09. The Hall–Kier alpha value is -1.99. The van der Waals surface area contributed by atoms with Gasteiger partial charge in [0.15, 0.2) is 0 Å². The number of fused-ring (bicyclic) bond motifs is 1. The molecule has 1 fully saturated rings. The highest BCUT2D eigenvalue weighted by Gasteiger charge is 2.27. The molecular weight excluding hydrogens is 274 g/mol. The molecule has 0 bridgehead atoms. The maximum Gasteiger partial charge on any atom is 0.125 e. The van der Waals surface area contributed by atoms with Crippen molar-refractivity contribution in [3.63, 3.8) is 0 Å². The lowest BCUT2D eigenvalue weighted by Crippen LogP contribution is -2.36. The summed E-state index contributed by atoms with van der Waals surface area (Å²) < 4.78 is 5.33. The van der Waals surface area contributed by atoms with E-state index in [2.05, 4.69) is 23.0 Å². The van der Waals surface area contributed by atoms with Crippen LogP contribution >= 0.6 is 0 Å². The van der Waals surface area contributed by atoms with Crippen molar-refractivity contribution >= 4 is 10.9 Å². The van der Waals surface area contributed by atoms with Crippen LogP contribution in [0.3, 0.4) is 0 Å². The number of H-pyrrole nitrogens is 1. The second-order valence-corrected chi connectivity index (χ2v) is 6.14. The monoisotopic (exact) mass is 297 g/mol. The highest BCUT2D eigenvalue weighted by molar-refractivity contribution is 5.85. The molecule has 116 valence electrons. The van der Waals surface area contributed by atoms with Gasteiger partial charge in [-0.2, -0.15) is 5.26 Å². The number of nitriles is 1. The number of hydrogen-bond donors (Lipinski definition) is 1. The average molecular weight is 297 g/mol. The van der Waals surface area contributed by atoms with Gasteiger partial charge in [0.25, 0.3) is 0 Å². The summed E-state index contributed by atoms with van der Waals surface area (Å²) in [6.45, 7) is 0. The fourth-order valence-electron chi connectivity index (χ4n) is 3.55. The van der Waals surface area contributed by atoms with Gasteiger partial charge in [-0.25, -0.2) is 0 Å². The van der Waals surface area contributed by atoms with Gasteiger partial charge in [-0.3, -0.25) is 4.90 Å². The average Bonchev–Trinajstić information content (AvgIpc) is 2.99. The van der Waals surface area contributed by atoms with Crippen LogP contribution in [0.25, 0.3) is 10.9 Å². The first kappa shape index (κ1) is 14.9. The Labute approximate surface area is 131 Å². The number of rotatable bonds is 4. The molecule has 3 rings (SSSR count). The Kier molecular flexibility index (Phi) is 4.35. The highest BCUT2D eigenvalue weighted by atomic mass is 16.5. The number of ether oxygens (including phenoxy) is 1. The molecule has 2 aromatic rings. The molecule has 0 radical (unpaired) electrons. The van der Waals surface area contributed by atoms with Gasteiger partial charge in [0.05, 0.1) is 13.2 Å². The van der Waals surface area contributed by atoms with E-state index in [0.717, 1.165) is 22.2 Å². The van der Waals surface area contributed by atoms with Crippen LogP contribution < -0.4 is 4.74 Å². The van der Waals surface area contributed by atoms with E-state index in [0.29, 0.717) is 6.04 Å². The van der Waals surface area contributed by atoms with Crippen LogP contribution in [0, 0.1) is 11.3 Å². The third-order valence-corrected chi connectivity index (χ3v) is 4.90. The number of nitrogens with one attached hydrogen (secondary N) is 1. The highest BCUT2D eigenvalue weighted by Crippen LogP contribution is 2.33. The molecule has 1 atom stereocenters. The van der Waals surface area contributed by atoms with Gasteiger partial charge in [0.1, 0.15) is 11.8 Å². The van der Waals surface area contributed by atoms with E-state index in [1.54, 1.807) is 7.11 Å². The Balaban J connectivity index is 1.94. The minimum absolute atomic E-state index is 0.219. The number of hydrogen-bond acceptors (Lipinski definition) is 3. The predicted molar refractivity (Wildman–Crippen MR) is 87.8 cm³/mol. The first-order valence-corrected chi connectivity index (χ1v) is 8.01. The van der Waals surface area contributed by atoms with Crippen molar-refractivity contribution in [2.24, 2.45) is 0 Å². The van der Waals surface area contributed by atoms with Crippen molar-refractivity contribution in [2.75, 3.05) is 14.2 Å². The van der Waals surface area contributed by atoms with Gasteiger partial charge < -0.3 is 9.72 Å². The number of nitrogens with zero attached hydrogens (tertiary/aromatic N) is 2. The zero-order valence-electron chi connectivity index (χ0n) is 13.3. The minimum Gasteiger partial charge on any atom is -0.497 e. The third kappa shape index (κ3) is 2.69. The number of aromatic nitrogens is 1. The normalized spacial score (nSPS) is 17.5. The Bertz CT molecular complexity index is 679. The van der Waals surface area contributed by atoms with Crippen LogP contribution in [0.2, 0.25) is 0 Å². The molecule has 1 N–H and O–H groups in total. The van der Waals surface area contributed by atoms with Crippen molar-refractivity contribution < 1.29 is 4.74 Å². The van der Waals surface area contributed by atoms with E-state index in [4.69, 9.17) is 4.74 Å². The molecule has 1 heterocycles. The van der Waals surface area contributed by atoms with Gasteiger partial charge in [-0.05, 0) is 38.1 Å². The summed E-state index contributed by atoms with van der Waals surface area (Å²) in [5.74, 6) is 0.824. The smallest absolute Gasteiger partial charge is 0.125 e. The molecule has 1 unspecified atom stereocenters. The third-order valence-electron chi connectivity index (χ3n) is 4.90. The molecule has 0 amide bonds. The van der Waals surface area contributed by atoms with E-state index in [1.807, 2.05) is 24.4 Å². The zero-order valence-corrected chi connectivity index (χ0v) is 13.3. The molecule has 1 saturated carbocycles. The van der Waals surface area contributed by atoms with Crippen molar-refractivity contribution in [3.05, 3.63) is 30.0 Å². The summed E-state index contributed by atoms with van der Waals surface area (Å²) in [5, 5.41) is 10.8. The lowest BCUT2D eigenvalue weighted by Gasteiger charge is -2.34. The van der Waals surface area contributed by atoms with Crippen molar-refractivity contribution in [1.29, 1.82) is 5.26 Å². The molecule has 0 spiro atoms. The first-order chi connectivity index (χ1) is 10.7. The molecule has 1 aromatic heterocycles. The number of aromatic amines is 1. The maximum absolute atomic E-state index is 9.75. The molecule has 1 aliphatic carbocycles. The van der Waals surface area contributed by atoms with E-state index >= 15 is 0 Å². The second-order valence-electron chi connectivity index (χ2n) is 6.14. The van der Waals surface area contributed by atoms with E-state index < -0.39 is 0 Å². The molecule has 0 aliphatic heterocycles. The van der Waals surface area contributed by atoms with Crippen LogP contribution in [-0.2, 0) is 0 Å². The van der Waals surface area contributed by atoms with Crippen LogP contribution in [0.5, 0.6) is 5.75 Å². The van der Waals surface area contributed by atoms with Crippen LogP contribution in [-0.4, -0.2) is 30.1 Å². The van der Waals surface area contributed by atoms with Gasteiger partial charge in [-0.15, -0.1) is 0 Å². The summed E-state index contributed by atoms with van der Waals surface area (Å²) >= 11 is 0. The van der Waals surface area contributed by atoms with Gasteiger partial charge in [-0.1, -0.05) is 19.3 Å². The van der Waals surface area contributed by atoms with Crippen LogP contribution in [0.1, 0.15) is 43.7 Å². The molecule has 4 heteroatoms. The lowest BCUT2D eigenvalue weighted by molar-refractivity contribution is 0.165. The fraction of sp³-hybridized carbons (Fsp3) is 0.500. The largest absolute Gasteiger partial charge is 0.497 e. The first-order valence-electron chi connectivity index (χ1n) is 8.01. The summed E-state index contributed by atoms with van der Waals surface area (Å²) in [4.78, 5) is 5.53. The van der Waals surface area contributed by atoms with Gasteiger partial charge >= 0.3 is 0 Å². The molecular formula is C18H23N3O. The number of methoxy groups -OCH3 is 1. The quantitative estimate of drug-likeness (QED) is 0.927. The van der Waals surface area contributed by atoms with Crippen LogP contribution in [0.15, 0.2) is 24.4 Å². The SMILES string of the molecule is COc1ccc2[nH]cc(C(C#N)N(C)C3CCCCC3)c2c1. The second kappa shape index (κ2) is 6.41. The fourth-order valence-corrected chi connectivity index (χ4v) is 3.55. The van der Waals surface area contributed by atoms with Gasteiger partial charge in [0, 0.05) is 28.7 Å². The molecule has 4 nitrogen and oxygen atoms in total. The van der Waals surface area contributed by atoms with E-state index in [-0.39, 0.29) is 6.04 Å². The zero-order chi connectivity index (χ0) is 15.5. The Morgan fingerprint density at radius 2 is 2.09 bits per heavy atom. The van der Waals surface area contributed by atoms with E-state index in [9.17, 15) is 5.26 Å². The predicted octanol–water partition coefficient (Wildman–Crippen LogP) is 4.01. The summed E-state index contributed by atoms with van der Waals surface area (Å²) in [7, 11) is 3.76. The summed E-state index contributed by atoms with van der Waals surface area (Å²) in [6, 6.07) is 8.75. The standard InChI is InChI=1S/C18H23N3O/c1-21(13-6-4-3-5-7-13)18(11-19)16-12-20-17-9-8-14(22-2)10-15(16)17/h8-10,12-13,18,20H,3-7H2,1-2H3.